The van der Waals surface area contributed by atoms with Crippen molar-refractivity contribution in [2.45, 2.75) is 0 Å². The molecule has 2 rings (SSSR count). The second-order valence-electron chi connectivity index (χ2n) is 3.61. The molecule has 0 aliphatic rings. The molecule has 2 nitrogen and oxygen atoms in total. The van der Waals surface area contributed by atoms with Crippen molar-refractivity contribution < 1.29 is 4.74 Å². The first-order valence-corrected chi connectivity index (χ1v) is 5.49. The maximum absolute atomic E-state index is 8.97. The highest BCUT2D eigenvalue weighted by Crippen LogP contribution is 2.16. The summed E-state index contributed by atoms with van der Waals surface area (Å²) < 4.78 is 5.22. The number of methoxy groups -OCH3 is 1. The summed E-state index contributed by atoms with van der Waals surface area (Å²) >= 11 is 0. The third kappa shape index (κ3) is 2.51. The van der Waals surface area contributed by atoms with Gasteiger partial charge in [0, 0.05) is 5.56 Å². The van der Waals surface area contributed by atoms with E-state index < -0.39 is 0 Å². The molecule has 0 aliphatic heterocycles. The Balaban J connectivity index is 2.41. The summed E-state index contributed by atoms with van der Waals surface area (Å²) in [4.78, 5) is 0. The van der Waals surface area contributed by atoms with Crippen LogP contribution in [0.3, 0.4) is 0 Å². The molecule has 0 N–H and O–H groups in total. The topological polar surface area (TPSA) is 33.0 Å². The van der Waals surface area contributed by atoms with E-state index in [1.807, 2.05) is 42.5 Å². The van der Waals surface area contributed by atoms with E-state index in [2.05, 4.69) is 17.9 Å². The van der Waals surface area contributed by atoms with Gasteiger partial charge in [-0.05, 0) is 24.3 Å². The molecule has 2 aromatic carbocycles. The van der Waals surface area contributed by atoms with Crippen LogP contribution in [0.1, 0.15) is 16.7 Å². The second-order valence-corrected chi connectivity index (χ2v) is 3.61. The zero-order valence-corrected chi connectivity index (χ0v) is 9.97. The largest absolute Gasteiger partial charge is 0.495 e. The molecule has 0 aromatic heterocycles. The van der Waals surface area contributed by atoms with Gasteiger partial charge in [-0.3, -0.25) is 0 Å². The number of hydrogen-bond acceptors (Lipinski definition) is 2. The Morgan fingerprint density at radius 3 is 2.06 bits per heavy atom. The van der Waals surface area contributed by atoms with E-state index in [9.17, 15) is 0 Å². The quantitative estimate of drug-likeness (QED) is 0.709. The molecule has 0 unspecified atom stereocenters. The molecule has 0 atom stereocenters. The number of nitriles is 1. The Kier molecular flexibility index (Phi) is 3.64. The monoisotopic (exact) mass is 233 g/mol. The van der Waals surface area contributed by atoms with E-state index >= 15 is 0 Å². The lowest BCUT2D eigenvalue weighted by Gasteiger charge is -2.01. The van der Waals surface area contributed by atoms with Crippen molar-refractivity contribution in [3.63, 3.8) is 0 Å². The smallest absolute Gasteiger partial charge is 0.134 e. The van der Waals surface area contributed by atoms with Gasteiger partial charge >= 0.3 is 0 Å². The predicted octanol–water partition coefficient (Wildman–Crippen LogP) is 2.97. The van der Waals surface area contributed by atoms with Crippen LogP contribution in [0.15, 0.2) is 48.5 Å². The van der Waals surface area contributed by atoms with Crippen LogP contribution in [-0.4, -0.2) is 7.11 Å². The van der Waals surface area contributed by atoms with E-state index in [1.54, 1.807) is 13.2 Å². The molecule has 0 saturated heterocycles. The normalized spacial score (nSPS) is 8.89. The van der Waals surface area contributed by atoms with Crippen molar-refractivity contribution in [3.8, 4) is 23.7 Å². The zero-order valence-electron chi connectivity index (χ0n) is 9.97. The van der Waals surface area contributed by atoms with Crippen LogP contribution in [0.25, 0.3) is 0 Å². The van der Waals surface area contributed by atoms with Gasteiger partial charge in [-0.25, -0.2) is 0 Å². The van der Waals surface area contributed by atoms with E-state index in [4.69, 9.17) is 10.00 Å². The number of rotatable bonds is 1. The highest BCUT2D eigenvalue weighted by molar-refractivity contribution is 5.53. The van der Waals surface area contributed by atoms with E-state index in [1.165, 1.54) is 0 Å². The molecule has 2 aromatic rings. The fourth-order valence-electron chi connectivity index (χ4n) is 1.57. The molecule has 86 valence electrons. The van der Waals surface area contributed by atoms with Crippen LogP contribution >= 0.6 is 0 Å². The predicted molar refractivity (Wildman–Crippen MR) is 70.1 cm³/mol. The Morgan fingerprint density at radius 2 is 1.39 bits per heavy atom. The average Bonchev–Trinajstić information content (AvgIpc) is 2.45. The molecular weight excluding hydrogens is 222 g/mol. The van der Waals surface area contributed by atoms with Crippen molar-refractivity contribution >= 4 is 0 Å². The number of nitrogens with zero attached hydrogens (tertiary/aromatic N) is 1. The molecule has 0 bridgehead atoms. The number of ether oxygens (including phenoxy) is 1. The highest BCUT2D eigenvalue weighted by Gasteiger charge is 1.98. The van der Waals surface area contributed by atoms with Gasteiger partial charge in [0.05, 0.1) is 18.2 Å². The van der Waals surface area contributed by atoms with Crippen molar-refractivity contribution in [2.75, 3.05) is 7.11 Å². The molecule has 2 heteroatoms. The van der Waals surface area contributed by atoms with E-state index in [0.717, 1.165) is 16.9 Å². The minimum Gasteiger partial charge on any atom is -0.495 e. The van der Waals surface area contributed by atoms with Crippen LogP contribution in [0.5, 0.6) is 5.75 Å². The third-order valence-electron chi connectivity index (χ3n) is 2.49. The van der Waals surface area contributed by atoms with Gasteiger partial charge in [0.15, 0.2) is 0 Å². The summed E-state index contributed by atoms with van der Waals surface area (Å²) in [5.41, 5.74) is 2.12. The van der Waals surface area contributed by atoms with Gasteiger partial charge in [0.1, 0.15) is 11.8 Å². The Bertz CT molecular complexity index is 657. The maximum Gasteiger partial charge on any atom is 0.134 e. The summed E-state index contributed by atoms with van der Waals surface area (Å²) in [6, 6.07) is 17.0. The number of benzene rings is 2. The summed E-state index contributed by atoms with van der Waals surface area (Å²) in [6.07, 6.45) is 0. The molecule has 0 saturated carbocycles. The standard InChI is InChI=1S/C16H11NO/c1-18-16-9-5-4-7-14(16)11-10-13-6-2-3-8-15(13)12-17/h2-9H,1H3. The van der Waals surface area contributed by atoms with Crippen molar-refractivity contribution in [3.05, 3.63) is 65.2 Å². The first kappa shape index (κ1) is 11.8. The van der Waals surface area contributed by atoms with E-state index in [-0.39, 0.29) is 0 Å². The molecular formula is C16H11NO. The summed E-state index contributed by atoms with van der Waals surface area (Å²) in [6.45, 7) is 0. The molecule has 0 spiro atoms. The molecule has 0 heterocycles. The fourth-order valence-corrected chi connectivity index (χ4v) is 1.57. The van der Waals surface area contributed by atoms with Gasteiger partial charge in [-0.1, -0.05) is 36.1 Å². The van der Waals surface area contributed by atoms with Gasteiger partial charge in [-0.15, -0.1) is 0 Å². The minimum absolute atomic E-state index is 0.583. The summed E-state index contributed by atoms with van der Waals surface area (Å²) in [5, 5.41) is 8.97. The van der Waals surface area contributed by atoms with Crippen LogP contribution in [0, 0.1) is 23.2 Å². The SMILES string of the molecule is COc1ccccc1C#Cc1ccccc1C#N. The Labute approximate surface area is 106 Å². The van der Waals surface area contributed by atoms with Gasteiger partial charge in [-0.2, -0.15) is 5.26 Å². The molecule has 0 aliphatic carbocycles. The second kappa shape index (κ2) is 5.57. The lowest BCUT2D eigenvalue weighted by Crippen LogP contribution is -1.87. The van der Waals surface area contributed by atoms with Gasteiger partial charge < -0.3 is 4.74 Å². The number of para-hydroxylation sites is 1. The Morgan fingerprint density at radius 1 is 0.833 bits per heavy atom. The maximum atomic E-state index is 8.97. The summed E-state index contributed by atoms with van der Waals surface area (Å²) in [7, 11) is 1.61. The average molecular weight is 233 g/mol. The van der Waals surface area contributed by atoms with E-state index in [0.29, 0.717) is 5.56 Å². The lowest BCUT2D eigenvalue weighted by atomic mass is 10.1. The lowest BCUT2D eigenvalue weighted by molar-refractivity contribution is 0.413. The number of hydrogen-bond donors (Lipinski definition) is 0. The first-order valence-electron chi connectivity index (χ1n) is 5.49. The van der Waals surface area contributed by atoms with Crippen molar-refractivity contribution in [1.82, 2.24) is 0 Å². The Hall–Kier alpha value is -2.71. The zero-order chi connectivity index (χ0) is 12.8. The molecule has 0 amide bonds. The van der Waals surface area contributed by atoms with Crippen LogP contribution in [-0.2, 0) is 0 Å². The fraction of sp³-hybridized carbons (Fsp3) is 0.0625. The first-order chi connectivity index (χ1) is 8.85. The highest BCUT2D eigenvalue weighted by atomic mass is 16.5. The van der Waals surface area contributed by atoms with Crippen molar-refractivity contribution in [2.24, 2.45) is 0 Å². The van der Waals surface area contributed by atoms with Crippen LogP contribution < -0.4 is 4.74 Å². The van der Waals surface area contributed by atoms with Crippen LogP contribution in [0.4, 0.5) is 0 Å². The van der Waals surface area contributed by atoms with Gasteiger partial charge in [0.25, 0.3) is 0 Å². The molecule has 18 heavy (non-hydrogen) atoms. The third-order valence-corrected chi connectivity index (χ3v) is 2.49. The minimum atomic E-state index is 0.583. The van der Waals surface area contributed by atoms with Crippen LogP contribution in [0.2, 0.25) is 0 Å². The molecule has 0 radical (unpaired) electrons. The van der Waals surface area contributed by atoms with Gasteiger partial charge in [0.2, 0.25) is 0 Å². The van der Waals surface area contributed by atoms with Crippen molar-refractivity contribution in [1.29, 1.82) is 5.26 Å². The summed E-state index contributed by atoms with van der Waals surface area (Å²) in [5.74, 6) is 6.77. The molecule has 0 fully saturated rings.